The number of phenolic OH excluding ortho intramolecular Hbond substituents is 1. The van der Waals surface area contributed by atoms with E-state index in [4.69, 9.17) is 0 Å². The van der Waals surface area contributed by atoms with Gasteiger partial charge in [-0.15, -0.1) is 24.9 Å². The SMILES string of the molecule is CC(C)(C)c1cc(SCc2cccc(OC(F)(F)F)c2)cc(C(C)(C)C)c1O. The van der Waals surface area contributed by atoms with Gasteiger partial charge in [0, 0.05) is 21.8 Å². The van der Waals surface area contributed by atoms with E-state index < -0.39 is 6.36 Å². The molecular formula is C22H27F3O2S. The Labute approximate surface area is 169 Å². The molecule has 0 atom stereocenters. The van der Waals surface area contributed by atoms with Gasteiger partial charge in [0.1, 0.15) is 11.5 Å². The fourth-order valence-electron chi connectivity index (χ4n) is 2.83. The summed E-state index contributed by atoms with van der Waals surface area (Å²) in [7, 11) is 0. The van der Waals surface area contributed by atoms with Crippen LogP contribution < -0.4 is 4.74 Å². The van der Waals surface area contributed by atoms with Gasteiger partial charge in [-0.25, -0.2) is 0 Å². The Balaban J connectivity index is 2.31. The minimum atomic E-state index is -4.70. The van der Waals surface area contributed by atoms with Gasteiger partial charge in [-0.1, -0.05) is 53.7 Å². The summed E-state index contributed by atoms with van der Waals surface area (Å²) >= 11 is 1.52. The monoisotopic (exact) mass is 412 g/mol. The molecule has 0 saturated heterocycles. The van der Waals surface area contributed by atoms with Gasteiger partial charge in [0.2, 0.25) is 0 Å². The van der Waals surface area contributed by atoms with Gasteiger partial charge >= 0.3 is 6.36 Å². The molecule has 0 amide bonds. The minimum absolute atomic E-state index is 0.220. The van der Waals surface area contributed by atoms with Gasteiger partial charge < -0.3 is 9.84 Å². The quantitative estimate of drug-likeness (QED) is 0.540. The molecule has 0 heterocycles. The Morgan fingerprint density at radius 2 is 1.43 bits per heavy atom. The van der Waals surface area contributed by atoms with Crippen LogP contribution in [-0.4, -0.2) is 11.5 Å². The molecule has 2 aromatic carbocycles. The fraction of sp³-hybridized carbons (Fsp3) is 0.455. The summed E-state index contributed by atoms with van der Waals surface area (Å²) in [5.41, 5.74) is 1.98. The van der Waals surface area contributed by atoms with Gasteiger partial charge in [-0.2, -0.15) is 0 Å². The number of alkyl halides is 3. The van der Waals surface area contributed by atoms with Gasteiger partial charge in [0.15, 0.2) is 0 Å². The maximum Gasteiger partial charge on any atom is 0.573 e. The normalized spacial score (nSPS) is 12.9. The second kappa shape index (κ2) is 7.90. The number of rotatable bonds is 4. The van der Waals surface area contributed by atoms with Crippen LogP contribution in [0.25, 0.3) is 0 Å². The molecule has 6 heteroatoms. The highest BCUT2D eigenvalue weighted by Crippen LogP contribution is 2.42. The van der Waals surface area contributed by atoms with Crippen molar-refractivity contribution in [2.75, 3.05) is 0 Å². The van der Waals surface area contributed by atoms with E-state index in [0.29, 0.717) is 11.5 Å². The summed E-state index contributed by atoms with van der Waals surface area (Å²) in [5, 5.41) is 10.8. The lowest BCUT2D eigenvalue weighted by Gasteiger charge is -2.28. The number of halogens is 3. The lowest BCUT2D eigenvalue weighted by Crippen LogP contribution is -2.17. The van der Waals surface area contributed by atoms with E-state index in [1.807, 2.05) is 53.7 Å². The predicted octanol–water partition coefficient (Wildman–Crippen LogP) is 7.18. The second-order valence-corrected chi connectivity index (χ2v) is 9.90. The number of ether oxygens (including phenoxy) is 1. The first-order chi connectivity index (χ1) is 12.7. The van der Waals surface area contributed by atoms with Crippen LogP contribution in [0.4, 0.5) is 13.2 Å². The van der Waals surface area contributed by atoms with Crippen molar-refractivity contribution in [1.82, 2.24) is 0 Å². The molecule has 1 N–H and O–H groups in total. The number of aromatic hydroxyl groups is 1. The molecule has 0 fully saturated rings. The van der Waals surface area contributed by atoms with Crippen molar-refractivity contribution in [3.8, 4) is 11.5 Å². The Morgan fingerprint density at radius 3 is 1.89 bits per heavy atom. The van der Waals surface area contributed by atoms with E-state index >= 15 is 0 Å². The first-order valence-electron chi connectivity index (χ1n) is 9.02. The molecular weight excluding hydrogens is 385 g/mol. The molecule has 0 aliphatic rings. The number of hydrogen-bond acceptors (Lipinski definition) is 3. The lowest BCUT2D eigenvalue weighted by molar-refractivity contribution is -0.274. The van der Waals surface area contributed by atoms with Crippen LogP contribution in [0.15, 0.2) is 41.3 Å². The lowest BCUT2D eigenvalue weighted by atomic mass is 9.79. The molecule has 0 spiro atoms. The molecule has 2 nitrogen and oxygen atoms in total. The van der Waals surface area contributed by atoms with Crippen LogP contribution in [0.5, 0.6) is 11.5 Å². The maximum absolute atomic E-state index is 12.4. The van der Waals surface area contributed by atoms with E-state index in [-0.39, 0.29) is 16.6 Å². The molecule has 0 bridgehead atoms. The Kier molecular flexibility index (Phi) is 6.34. The average molecular weight is 413 g/mol. The third kappa shape index (κ3) is 6.09. The highest BCUT2D eigenvalue weighted by molar-refractivity contribution is 7.98. The maximum atomic E-state index is 12.4. The zero-order chi connectivity index (χ0) is 21.3. The summed E-state index contributed by atoms with van der Waals surface area (Å²) in [6, 6.07) is 9.94. The molecule has 0 aliphatic heterocycles. The standard InChI is InChI=1S/C22H27F3O2S/c1-20(2,3)17-11-16(12-18(19(17)26)21(4,5)6)28-13-14-8-7-9-15(10-14)27-22(23,24)25/h7-12,26H,13H2,1-6H3. The topological polar surface area (TPSA) is 29.5 Å². The smallest absolute Gasteiger partial charge is 0.507 e. The molecule has 2 rings (SSSR count). The number of phenols is 1. The molecule has 2 aromatic rings. The van der Waals surface area contributed by atoms with Gasteiger partial charge in [-0.3, -0.25) is 0 Å². The van der Waals surface area contributed by atoms with Crippen molar-refractivity contribution in [3.05, 3.63) is 53.1 Å². The summed E-state index contributed by atoms with van der Waals surface area (Å²) < 4.78 is 41.3. The van der Waals surface area contributed by atoms with Crippen LogP contribution in [0.2, 0.25) is 0 Å². The van der Waals surface area contributed by atoms with Crippen LogP contribution in [-0.2, 0) is 16.6 Å². The Morgan fingerprint density at radius 1 is 0.893 bits per heavy atom. The molecule has 0 saturated carbocycles. The van der Waals surface area contributed by atoms with Crippen molar-refractivity contribution in [2.24, 2.45) is 0 Å². The van der Waals surface area contributed by atoms with E-state index in [2.05, 4.69) is 4.74 Å². The summed E-state index contributed by atoms with van der Waals surface area (Å²) in [4.78, 5) is 0.967. The summed E-state index contributed by atoms with van der Waals surface area (Å²) in [6.45, 7) is 12.3. The van der Waals surface area contributed by atoms with E-state index in [0.717, 1.165) is 21.6 Å². The van der Waals surface area contributed by atoms with Crippen LogP contribution >= 0.6 is 11.8 Å². The van der Waals surface area contributed by atoms with Gasteiger partial charge in [0.05, 0.1) is 0 Å². The van der Waals surface area contributed by atoms with Crippen molar-refractivity contribution in [1.29, 1.82) is 0 Å². The Hall–Kier alpha value is -1.82. The summed E-state index contributed by atoms with van der Waals surface area (Å²) in [6.07, 6.45) is -4.70. The molecule has 28 heavy (non-hydrogen) atoms. The van der Waals surface area contributed by atoms with E-state index in [1.165, 1.54) is 23.9 Å². The van der Waals surface area contributed by atoms with Crippen molar-refractivity contribution >= 4 is 11.8 Å². The molecule has 0 unspecified atom stereocenters. The van der Waals surface area contributed by atoms with Gasteiger partial charge in [0.25, 0.3) is 0 Å². The first kappa shape index (κ1) is 22.5. The zero-order valence-corrected chi connectivity index (χ0v) is 17.9. The third-order valence-corrected chi connectivity index (χ3v) is 5.28. The van der Waals surface area contributed by atoms with E-state index in [9.17, 15) is 18.3 Å². The summed E-state index contributed by atoms with van der Waals surface area (Å²) in [5.74, 6) is 0.583. The largest absolute Gasteiger partial charge is 0.573 e. The fourth-order valence-corrected chi connectivity index (χ4v) is 3.75. The highest BCUT2D eigenvalue weighted by Gasteiger charge is 2.31. The first-order valence-corrected chi connectivity index (χ1v) is 10.0. The second-order valence-electron chi connectivity index (χ2n) is 8.85. The molecule has 0 aliphatic carbocycles. The average Bonchev–Trinajstić information content (AvgIpc) is 2.50. The Bertz CT molecular complexity index is 796. The van der Waals surface area contributed by atoms with E-state index in [1.54, 1.807) is 12.1 Å². The number of hydrogen-bond donors (Lipinski definition) is 1. The predicted molar refractivity (Wildman–Crippen MR) is 108 cm³/mol. The highest BCUT2D eigenvalue weighted by atomic mass is 32.2. The third-order valence-electron chi connectivity index (χ3n) is 4.24. The molecule has 154 valence electrons. The van der Waals surface area contributed by atoms with Crippen molar-refractivity contribution in [3.63, 3.8) is 0 Å². The minimum Gasteiger partial charge on any atom is -0.507 e. The van der Waals surface area contributed by atoms with Crippen LogP contribution in [0.1, 0.15) is 58.2 Å². The number of thioether (sulfide) groups is 1. The van der Waals surface area contributed by atoms with Crippen LogP contribution in [0, 0.1) is 0 Å². The van der Waals surface area contributed by atoms with Crippen molar-refractivity contribution in [2.45, 2.75) is 69.4 Å². The van der Waals surface area contributed by atoms with Crippen LogP contribution in [0.3, 0.4) is 0 Å². The van der Waals surface area contributed by atoms with Crippen molar-refractivity contribution < 1.29 is 23.0 Å². The molecule has 0 aromatic heterocycles. The molecule has 0 radical (unpaired) electrons. The number of benzene rings is 2. The van der Waals surface area contributed by atoms with Gasteiger partial charge in [-0.05, 0) is 40.7 Å². The zero-order valence-electron chi connectivity index (χ0n) is 17.1.